The Balaban J connectivity index is 1.64. The lowest BCUT2D eigenvalue weighted by atomic mass is 9.82. The van der Waals surface area contributed by atoms with E-state index in [2.05, 4.69) is 9.88 Å². The van der Waals surface area contributed by atoms with Crippen LogP contribution in [0.4, 0.5) is 5.69 Å². The van der Waals surface area contributed by atoms with E-state index >= 15 is 0 Å². The summed E-state index contributed by atoms with van der Waals surface area (Å²) in [6, 6.07) is 5.49. The number of nitrogen functional groups attached to an aromatic ring is 1. The number of fused-ring (bicyclic) bond motifs is 1. The van der Waals surface area contributed by atoms with E-state index in [1.54, 1.807) is 0 Å². The van der Waals surface area contributed by atoms with Gasteiger partial charge < -0.3 is 15.3 Å². The van der Waals surface area contributed by atoms with Crippen LogP contribution in [0.2, 0.25) is 0 Å². The number of aliphatic hydroxyl groups is 1. The SMILES string of the molecule is CN(Cc1nc2cc(N)ccc2o1)CC1CC(O)C1. The lowest BCUT2D eigenvalue weighted by molar-refractivity contribution is 0.0264. The van der Waals surface area contributed by atoms with Crippen LogP contribution in [-0.2, 0) is 6.54 Å². The summed E-state index contributed by atoms with van der Waals surface area (Å²) in [6.45, 7) is 1.65. The van der Waals surface area contributed by atoms with Crippen molar-refractivity contribution in [2.24, 2.45) is 5.92 Å². The van der Waals surface area contributed by atoms with E-state index in [1.807, 2.05) is 25.2 Å². The van der Waals surface area contributed by atoms with Crippen molar-refractivity contribution in [2.75, 3.05) is 19.3 Å². The number of aromatic nitrogens is 1. The first-order valence-corrected chi connectivity index (χ1v) is 6.61. The van der Waals surface area contributed by atoms with Crippen LogP contribution >= 0.6 is 0 Å². The molecule has 102 valence electrons. The summed E-state index contributed by atoms with van der Waals surface area (Å²) in [4.78, 5) is 6.63. The fourth-order valence-corrected chi connectivity index (χ4v) is 2.65. The van der Waals surface area contributed by atoms with Crippen molar-refractivity contribution in [3.63, 3.8) is 0 Å². The topological polar surface area (TPSA) is 75.5 Å². The number of anilines is 1. The minimum atomic E-state index is -0.0919. The summed E-state index contributed by atoms with van der Waals surface area (Å²) in [5.41, 5.74) is 8.00. The quantitative estimate of drug-likeness (QED) is 0.818. The predicted octanol–water partition coefficient (Wildman–Crippen LogP) is 1.61. The van der Waals surface area contributed by atoms with Gasteiger partial charge in [-0.1, -0.05) is 0 Å². The maximum Gasteiger partial charge on any atom is 0.209 e. The van der Waals surface area contributed by atoms with E-state index in [1.165, 1.54) is 0 Å². The number of hydrogen-bond donors (Lipinski definition) is 2. The third-order valence-corrected chi connectivity index (χ3v) is 3.64. The molecule has 19 heavy (non-hydrogen) atoms. The summed E-state index contributed by atoms with van der Waals surface area (Å²) in [5, 5.41) is 9.28. The molecule has 0 bridgehead atoms. The molecule has 1 heterocycles. The first-order valence-electron chi connectivity index (χ1n) is 6.61. The normalized spacial score (nSPS) is 22.9. The molecule has 5 heteroatoms. The second-order valence-electron chi connectivity index (χ2n) is 5.52. The summed E-state index contributed by atoms with van der Waals surface area (Å²) in [7, 11) is 2.05. The third-order valence-electron chi connectivity index (χ3n) is 3.64. The first-order chi connectivity index (χ1) is 9.10. The van der Waals surface area contributed by atoms with E-state index in [-0.39, 0.29) is 6.10 Å². The summed E-state index contributed by atoms with van der Waals surface area (Å²) in [5.74, 6) is 1.31. The van der Waals surface area contributed by atoms with Gasteiger partial charge in [-0.25, -0.2) is 4.98 Å². The number of aliphatic hydroxyl groups excluding tert-OH is 1. The van der Waals surface area contributed by atoms with Gasteiger partial charge in [-0.2, -0.15) is 0 Å². The largest absolute Gasteiger partial charge is 0.439 e. The fraction of sp³-hybridized carbons (Fsp3) is 0.500. The van der Waals surface area contributed by atoms with Crippen LogP contribution in [0.25, 0.3) is 11.1 Å². The molecule has 0 atom stereocenters. The zero-order valence-electron chi connectivity index (χ0n) is 11.0. The van der Waals surface area contributed by atoms with Crippen LogP contribution in [0.5, 0.6) is 0 Å². The molecular formula is C14H19N3O2. The molecule has 1 aromatic heterocycles. The second-order valence-corrected chi connectivity index (χ2v) is 5.52. The zero-order valence-corrected chi connectivity index (χ0v) is 11.0. The van der Waals surface area contributed by atoms with Gasteiger partial charge in [0.1, 0.15) is 5.52 Å². The first kappa shape index (κ1) is 12.4. The van der Waals surface area contributed by atoms with Crippen molar-refractivity contribution < 1.29 is 9.52 Å². The Kier molecular flexibility index (Phi) is 3.16. The van der Waals surface area contributed by atoms with Crippen molar-refractivity contribution in [3.05, 3.63) is 24.1 Å². The Labute approximate surface area is 112 Å². The lowest BCUT2D eigenvalue weighted by Gasteiger charge is -2.34. The molecule has 1 aliphatic rings. The van der Waals surface area contributed by atoms with Crippen molar-refractivity contribution in [3.8, 4) is 0 Å². The Morgan fingerprint density at radius 3 is 3.00 bits per heavy atom. The maximum absolute atomic E-state index is 9.28. The number of nitrogens with zero attached hydrogens (tertiary/aromatic N) is 2. The molecule has 0 aliphatic heterocycles. The van der Waals surface area contributed by atoms with Gasteiger partial charge in [-0.05, 0) is 44.0 Å². The van der Waals surface area contributed by atoms with Gasteiger partial charge in [0, 0.05) is 12.2 Å². The van der Waals surface area contributed by atoms with Crippen LogP contribution < -0.4 is 5.73 Å². The van der Waals surface area contributed by atoms with Gasteiger partial charge in [0.05, 0.1) is 12.6 Å². The van der Waals surface area contributed by atoms with E-state index in [9.17, 15) is 5.11 Å². The van der Waals surface area contributed by atoms with Gasteiger partial charge in [0.15, 0.2) is 5.58 Å². The molecule has 1 saturated carbocycles. The van der Waals surface area contributed by atoms with Crippen LogP contribution in [0, 0.1) is 5.92 Å². The number of rotatable bonds is 4. The minimum Gasteiger partial charge on any atom is -0.439 e. The minimum absolute atomic E-state index is 0.0919. The summed E-state index contributed by atoms with van der Waals surface area (Å²) in [6.07, 6.45) is 1.73. The molecule has 3 rings (SSSR count). The van der Waals surface area contributed by atoms with Crippen molar-refractivity contribution >= 4 is 16.8 Å². The Morgan fingerprint density at radius 2 is 2.26 bits per heavy atom. The smallest absolute Gasteiger partial charge is 0.209 e. The molecule has 1 aromatic carbocycles. The highest BCUT2D eigenvalue weighted by atomic mass is 16.3. The molecule has 0 unspecified atom stereocenters. The Morgan fingerprint density at radius 1 is 1.47 bits per heavy atom. The van der Waals surface area contributed by atoms with Gasteiger partial charge in [-0.15, -0.1) is 0 Å². The lowest BCUT2D eigenvalue weighted by Crippen LogP contribution is -2.36. The summed E-state index contributed by atoms with van der Waals surface area (Å²) >= 11 is 0. The number of nitrogens with two attached hydrogens (primary N) is 1. The maximum atomic E-state index is 9.28. The molecule has 5 nitrogen and oxygen atoms in total. The van der Waals surface area contributed by atoms with Gasteiger partial charge in [0.2, 0.25) is 5.89 Å². The molecular weight excluding hydrogens is 242 g/mol. The summed E-state index contributed by atoms with van der Waals surface area (Å²) < 4.78 is 5.69. The Hall–Kier alpha value is -1.59. The standard InChI is InChI=1S/C14H19N3O2/c1-17(7-9-4-11(18)5-9)8-14-16-12-6-10(15)2-3-13(12)19-14/h2-3,6,9,11,18H,4-5,7-8,15H2,1H3. The monoisotopic (exact) mass is 261 g/mol. The number of benzene rings is 1. The van der Waals surface area contributed by atoms with Crippen molar-refractivity contribution in [1.29, 1.82) is 0 Å². The molecule has 0 amide bonds. The fourth-order valence-electron chi connectivity index (χ4n) is 2.65. The van der Waals surface area contributed by atoms with Crippen molar-refractivity contribution in [1.82, 2.24) is 9.88 Å². The van der Waals surface area contributed by atoms with Crippen LogP contribution in [-0.4, -0.2) is 34.7 Å². The van der Waals surface area contributed by atoms with Gasteiger partial charge >= 0.3 is 0 Å². The molecule has 1 aliphatic carbocycles. The number of hydrogen-bond acceptors (Lipinski definition) is 5. The van der Waals surface area contributed by atoms with Crippen LogP contribution in [0.15, 0.2) is 22.6 Å². The second kappa shape index (κ2) is 4.83. The molecule has 1 fully saturated rings. The van der Waals surface area contributed by atoms with E-state index in [0.717, 1.165) is 30.5 Å². The molecule has 3 N–H and O–H groups in total. The number of oxazole rings is 1. The third kappa shape index (κ3) is 2.72. The molecule has 2 aromatic rings. The Bertz CT molecular complexity index is 575. The van der Waals surface area contributed by atoms with Crippen LogP contribution in [0.3, 0.4) is 0 Å². The highest BCUT2D eigenvalue weighted by Gasteiger charge is 2.28. The highest BCUT2D eigenvalue weighted by molar-refractivity contribution is 5.76. The average Bonchev–Trinajstić information content (AvgIpc) is 2.68. The molecule has 0 saturated heterocycles. The molecule has 0 radical (unpaired) electrons. The van der Waals surface area contributed by atoms with E-state index < -0.39 is 0 Å². The predicted molar refractivity (Wildman–Crippen MR) is 73.5 cm³/mol. The molecule has 0 spiro atoms. The average molecular weight is 261 g/mol. The van der Waals surface area contributed by atoms with E-state index in [0.29, 0.717) is 24.0 Å². The van der Waals surface area contributed by atoms with Crippen molar-refractivity contribution in [2.45, 2.75) is 25.5 Å². The van der Waals surface area contributed by atoms with Gasteiger partial charge in [0.25, 0.3) is 0 Å². The zero-order chi connectivity index (χ0) is 13.4. The highest BCUT2D eigenvalue weighted by Crippen LogP contribution is 2.28. The van der Waals surface area contributed by atoms with Crippen LogP contribution in [0.1, 0.15) is 18.7 Å². The van der Waals surface area contributed by atoms with Gasteiger partial charge in [-0.3, -0.25) is 4.90 Å². The van der Waals surface area contributed by atoms with E-state index in [4.69, 9.17) is 10.2 Å².